The first kappa shape index (κ1) is 20.9. The summed E-state index contributed by atoms with van der Waals surface area (Å²) >= 11 is 1.21. The van der Waals surface area contributed by atoms with Gasteiger partial charge >= 0.3 is 0 Å². The van der Waals surface area contributed by atoms with Gasteiger partial charge in [0.05, 0.1) is 33.9 Å². The van der Waals surface area contributed by atoms with E-state index < -0.39 is 16.7 Å². The molecule has 2 aliphatic heterocycles. The van der Waals surface area contributed by atoms with Crippen molar-refractivity contribution in [2.45, 2.75) is 36.6 Å². The Labute approximate surface area is 175 Å². The van der Waals surface area contributed by atoms with E-state index in [9.17, 15) is 15.3 Å². The Morgan fingerprint density at radius 2 is 2.10 bits per heavy atom. The summed E-state index contributed by atoms with van der Waals surface area (Å²) in [6.45, 7) is 3.27. The molecule has 2 heterocycles. The first-order valence-electron chi connectivity index (χ1n) is 9.51. The minimum absolute atomic E-state index is 0.00647. The zero-order chi connectivity index (χ0) is 21.0. The zero-order valence-corrected chi connectivity index (χ0v) is 17.1. The summed E-state index contributed by atoms with van der Waals surface area (Å²) in [5, 5.41) is 22.9. The standard InChI is InChI=1S/C21H24N6OS/c1-2-21(27-9-8-16(24)13-27)15(10-22)12-26-20(17(21)11-23)29-18(19(25)28)14-6-4-3-5-7-14/h3-7,12,16,18,26H,2,8-9,13,24H2,1H3,(H2,25,28)/t16-,18?,21?/m0/s1. The van der Waals surface area contributed by atoms with Crippen LogP contribution < -0.4 is 16.8 Å². The van der Waals surface area contributed by atoms with Gasteiger partial charge in [0.2, 0.25) is 5.91 Å². The van der Waals surface area contributed by atoms with Crippen molar-refractivity contribution in [1.29, 1.82) is 10.5 Å². The Hall–Kier alpha value is -2.78. The van der Waals surface area contributed by atoms with Gasteiger partial charge in [-0.15, -0.1) is 0 Å². The number of hydrogen-bond donors (Lipinski definition) is 3. The molecular weight excluding hydrogens is 384 g/mol. The minimum atomic E-state index is -0.857. The molecule has 0 bridgehead atoms. The third-order valence-corrected chi connectivity index (χ3v) is 6.84. The van der Waals surface area contributed by atoms with Crippen molar-refractivity contribution in [1.82, 2.24) is 10.2 Å². The maximum atomic E-state index is 12.2. The van der Waals surface area contributed by atoms with Gasteiger partial charge in [-0.05, 0) is 18.4 Å². The second kappa shape index (κ2) is 8.71. The summed E-state index contributed by atoms with van der Waals surface area (Å²) in [5.74, 6) is -0.492. The van der Waals surface area contributed by atoms with Crippen LogP contribution >= 0.6 is 11.8 Å². The van der Waals surface area contributed by atoms with Crippen molar-refractivity contribution in [2.24, 2.45) is 11.5 Å². The van der Waals surface area contributed by atoms with E-state index in [4.69, 9.17) is 11.5 Å². The maximum absolute atomic E-state index is 12.2. The lowest BCUT2D eigenvalue weighted by molar-refractivity contribution is -0.117. The molecule has 3 rings (SSSR count). The van der Waals surface area contributed by atoms with E-state index in [1.807, 2.05) is 37.3 Å². The number of carbonyl (C=O) groups excluding carboxylic acids is 1. The molecule has 5 N–H and O–H groups in total. The average molecular weight is 409 g/mol. The highest BCUT2D eigenvalue weighted by atomic mass is 32.2. The molecule has 2 unspecified atom stereocenters. The lowest BCUT2D eigenvalue weighted by atomic mass is 9.78. The number of amides is 1. The Kier molecular flexibility index (Phi) is 6.29. The molecule has 1 amide bonds. The molecular formula is C21H24N6OS. The van der Waals surface area contributed by atoms with Gasteiger partial charge in [-0.1, -0.05) is 49.0 Å². The first-order chi connectivity index (χ1) is 14.0. The lowest BCUT2D eigenvalue weighted by Crippen LogP contribution is -2.53. The Balaban J connectivity index is 2.07. The van der Waals surface area contributed by atoms with Crippen molar-refractivity contribution in [3.05, 3.63) is 58.3 Å². The topological polar surface area (TPSA) is 132 Å². The van der Waals surface area contributed by atoms with Crippen molar-refractivity contribution >= 4 is 17.7 Å². The predicted octanol–water partition coefficient (Wildman–Crippen LogP) is 1.87. The molecule has 3 atom stereocenters. The van der Waals surface area contributed by atoms with E-state index >= 15 is 0 Å². The molecule has 0 saturated carbocycles. The highest BCUT2D eigenvalue weighted by Gasteiger charge is 2.48. The molecule has 1 aromatic carbocycles. The van der Waals surface area contributed by atoms with E-state index in [0.717, 1.165) is 12.0 Å². The Bertz CT molecular complexity index is 929. The monoisotopic (exact) mass is 408 g/mol. The van der Waals surface area contributed by atoms with Gasteiger partial charge in [-0.25, -0.2) is 0 Å². The van der Waals surface area contributed by atoms with Gasteiger partial charge in [0.15, 0.2) is 0 Å². The molecule has 0 aromatic heterocycles. The zero-order valence-electron chi connectivity index (χ0n) is 16.3. The van der Waals surface area contributed by atoms with Crippen LogP contribution in [0.5, 0.6) is 0 Å². The summed E-state index contributed by atoms with van der Waals surface area (Å²) in [5.41, 5.74) is 12.6. The van der Waals surface area contributed by atoms with Gasteiger partial charge in [0.25, 0.3) is 0 Å². The number of hydrogen-bond acceptors (Lipinski definition) is 7. The van der Waals surface area contributed by atoms with Crippen molar-refractivity contribution in [3.63, 3.8) is 0 Å². The van der Waals surface area contributed by atoms with Gasteiger partial charge in [0, 0.05) is 25.3 Å². The molecule has 8 heteroatoms. The van der Waals surface area contributed by atoms with Crippen LogP contribution in [-0.4, -0.2) is 35.5 Å². The van der Waals surface area contributed by atoms with Crippen LogP contribution in [0, 0.1) is 22.7 Å². The fourth-order valence-electron chi connectivity index (χ4n) is 4.10. The van der Waals surface area contributed by atoms with Crippen LogP contribution in [0.4, 0.5) is 0 Å². The van der Waals surface area contributed by atoms with Crippen molar-refractivity contribution < 1.29 is 4.79 Å². The molecule has 0 radical (unpaired) electrons. The van der Waals surface area contributed by atoms with Gasteiger partial charge < -0.3 is 16.8 Å². The smallest absolute Gasteiger partial charge is 0.235 e. The lowest BCUT2D eigenvalue weighted by Gasteiger charge is -2.43. The molecule has 2 aliphatic rings. The van der Waals surface area contributed by atoms with Gasteiger partial charge in [-0.3, -0.25) is 9.69 Å². The van der Waals surface area contributed by atoms with Crippen molar-refractivity contribution in [2.75, 3.05) is 13.1 Å². The molecule has 1 aromatic rings. The second-order valence-electron chi connectivity index (χ2n) is 7.15. The molecule has 0 aliphatic carbocycles. The third kappa shape index (κ3) is 3.75. The Morgan fingerprint density at radius 3 is 2.62 bits per heavy atom. The maximum Gasteiger partial charge on any atom is 0.235 e. The highest BCUT2D eigenvalue weighted by molar-refractivity contribution is 8.03. The summed E-state index contributed by atoms with van der Waals surface area (Å²) < 4.78 is 0. The molecule has 1 fully saturated rings. The molecule has 29 heavy (non-hydrogen) atoms. The number of benzene rings is 1. The summed E-state index contributed by atoms with van der Waals surface area (Å²) in [6.07, 6.45) is 2.99. The normalized spacial score (nSPS) is 25.5. The molecule has 1 saturated heterocycles. The number of primary amides is 1. The average Bonchev–Trinajstić information content (AvgIpc) is 3.18. The number of nitrogens with one attached hydrogen (secondary N) is 1. The minimum Gasteiger partial charge on any atom is -0.368 e. The molecule has 0 spiro atoms. The van der Waals surface area contributed by atoms with Crippen LogP contribution in [0.15, 0.2) is 52.7 Å². The van der Waals surface area contributed by atoms with Gasteiger partial charge in [-0.2, -0.15) is 10.5 Å². The number of nitriles is 2. The summed E-state index contributed by atoms with van der Waals surface area (Å²) in [4.78, 5) is 14.3. The number of nitrogens with zero attached hydrogens (tertiary/aromatic N) is 3. The molecule has 150 valence electrons. The molecule has 7 nitrogen and oxygen atoms in total. The number of dihydropyridines is 1. The van der Waals surface area contributed by atoms with Crippen LogP contribution in [0.3, 0.4) is 0 Å². The first-order valence-corrected chi connectivity index (χ1v) is 10.4. The van der Waals surface area contributed by atoms with Gasteiger partial charge in [0.1, 0.15) is 5.25 Å². The number of nitrogens with two attached hydrogens (primary N) is 2. The SMILES string of the molecule is CCC1(N2CC[C@H](N)C2)C(C#N)=CNC(SC(C(N)=O)c2ccccc2)=C1C#N. The fourth-order valence-corrected chi connectivity index (χ4v) is 5.21. The summed E-state index contributed by atoms with van der Waals surface area (Å²) in [7, 11) is 0. The largest absolute Gasteiger partial charge is 0.368 e. The van der Waals surface area contributed by atoms with Crippen LogP contribution in [0.1, 0.15) is 30.6 Å². The van der Waals surface area contributed by atoms with E-state index in [0.29, 0.717) is 35.7 Å². The fraction of sp³-hybridized carbons (Fsp3) is 0.381. The van der Waals surface area contributed by atoms with Crippen LogP contribution in [0.2, 0.25) is 0 Å². The quantitative estimate of drug-likeness (QED) is 0.654. The summed E-state index contributed by atoms with van der Waals surface area (Å²) in [6, 6.07) is 13.8. The van der Waals surface area contributed by atoms with Crippen molar-refractivity contribution in [3.8, 4) is 12.1 Å². The predicted molar refractivity (Wildman–Crippen MR) is 113 cm³/mol. The van der Waals surface area contributed by atoms with E-state index in [1.165, 1.54) is 11.8 Å². The Morgan fingerprint density at radius 1 is 1.38 bits per heavy atom. The van der Waals surface area contributed by atoms with E-state index in [-0.39, 0.29) is 6.04 Å². The highest BCUT2D eigenvalue weighted by Crippen LogP contribution is 2.45. The number of likely N-dealkylation sites (tertiary alicyclic amines) is 1. The van der Waals surface area contributed by atoms with E-state index in [2.05, 4.69) is 22.4 Å². The third-order valence-electron chi connectivity index (χ3n) is 5.54. The number of carbonyl (C=O) groups is 1. The second-order valence-corrected chi connectivity index (χ2v) is 8.26. The van der Waals surface area contributed by atoms with Crippen LogP contribution in [0.25, 0.3) is 0 Å². The van der Waals surface area contributed by atoms with E-state index in [1.54, 1.807) is 6.20 Å². The van der Waals surface area contributed by atoms with Crippen LogP contribution in [-0.2, 0) is 4.79 Å². The number of thioether (sulfide) groups is 1. The number of rotatable bonds is 6.